The zero-order chi connectivity index (χ0) is 14.2. The van der Waals surface area contributed by atoms with Crippen molar-refractivity contribution < 1.29 is 18.4 Å². The Hall–Kier alpha value is -0.760. The molecular formula is C12H9ClF2INO2. The van der Waals surface area contributed by atoms with Crippen molar-refractivity contribution in [2.45, 2.75) is 17.0 Å². The van der Waals surface area contributed by atoms with Crippen molar-refractivity contribution in [2.24, 2.45) is 0 Å². The van der Waals surface area contributed by atoms with Gasteiger partial charge in [0, 0.05) is 41.2 Å². The van der Waals surface area contributed by atoms with E-state index in [0.29, 0.717) is 11.1 Å². The molecule has 0 saturated carbocycles. The molecule has 1 amide bonds. The van der Waals surface area contributed by atoms with Crippen LogP contribution in [-0.4, -0.2) is 26.4 Å². The lowest BCUT2D eigenvalue weighted by molar-refractivity contribution is -0.145. The van der Waals surface area contributed by atoms with Gasteiger partial charge in [-0.15, -0.1) is 11.6 Å². The molecule has 0 atom stereocenters. The quantitative estimate of drug-likeness (QED) is 0.445. The maximum absolute atomic E-state index is 13.0. The second-order valence-electron chi connectivity index (χ2n) is 4.20. The van der Waals surface area contributed by atoms with E-state index in [1.165, 1.54) is 0 Å². The van der Waals surface area contributed by atoms with Crippen molar-refractivity contribution in [1.82, 2.24) is 4.90 Å². The zero-order valence-corrected chi connectivity index (χ0v) is 12.5. The maximum Gasteiger partial charge on any atom is 0.372 e. The topological polar surface area (TPSA) is 37.4 Å². The van der Waals surface area contributed by atoms with Gasteiger partial charge in [-0.05, 0) is 17.2 Å². The second-order valence-corrected chi connectivity index (χ2v) is 5.82. The summed E-state index contributed by atoms with van der Waals surface area (Å²) in [4.78, 5) is 24.0. The van der Waals surface area contributed by atoms with E-state index in [4.69, 9.17) is 11.6 Å². The van der Waals surface area contributed by atoms with E-state index < -0.39 is 9.84 Å². The van der Waals surface area contributed by atoms with Gasteiger partial charge >= 0.3 is 9.84 Å². The average molecular weight is 400 g/mol. The number of carbonyl (C=O) groups is 2. The van der Waals surface area contributed by atoms with Crippen LogP contribution in [0.2, 0.25) is 0 Å². The lowest BCUT2D eigenvalue weighted by Crippen LogP contribution is -2.36. The Morgan fingerprint density at radius 3 is 2.53 bits per heavy atom. The summed E-state index contributed by atoms with van der Waals surface area (Å²) in [7, 11) is 0. The van der Waals surface area contributed by atoms with Crippen molar-refractivity contribution in [3.05, 3.63) is 34.9 Å². The minimum atomic E-state index is -3.41. The van der Waals surface area contributed by atoms with Gasteiger partial charge in [0.25, 0.3) is 0 Å². The van der Waals surface area contributed by atoms with Crippen LogP contribution in [0.3, 0.4) is 0 Å². The molecule has 1 aliphatic rings. The van der Waals surface area contributed by atoms with E-state index >= 15 is 0 Å². The molecule has 0 spiro atoms. The first-order chi connectivity index (χ1) is 8.82. The molecule has 1 heterocycles. The minimum absolute atomic E-state index is 0.0934. The molecule has 0 radical (unpaired) electrons. The van der Waals surface area contributed by atoms with E-state index in [9.17, 15) is 18.4 Å². The van der Waals surface area contributed by atoms with E-state index in [2.05, 4.69) is 0 Å². The number of rotatable bonds is 3. The number of Topliss-reactive ketones (excluding diaryl/α,β-unsaturated/α-hetero) is 1. The summed E-state index contributed by atoms with van der Waals surface area (Å²) in [6.45, 7) is 0.234. The number of fused-ring (bicyclic) bond motifs is 1. The van der Waals surface area contributed by atoms with Gasteiger partial charge in [-0.3, -0.25) is 9.59 Å². The van der Waals surface area contributed by atoms with E-state index in [-0.39, 0.29) is 24.8 Å². The first-order valence-corrected chi connectivity index (χ1v) is 7.01. The molecule has 0 aliphatic carbocycles. The van der Waals surface area contributed by atoms with Crippen molar-refractivity contribution in [3.63, 3.8) is 0 Å². The molecule has 3 nitrogen and oxygen atoms in total. The lowest BCUT2D eigenvalue weighted by Gasteiger charge is -2.18. The normalized spacial score (nSPS) is 14.4. The predicted molar refractivity (Wildman–Crippen MR) is 74.7 cm³/mol. The van der Waals surface area contributed by atoms with Crippen LogP contribution in [0.25, 0.3) is 0 Å². The highest BCUT2D eigenvalue weighted by Crippen LogP contribution is 2.31. The van der Waals surface area contributed by atoms with E-state index in [1.54, 1.807) is 18.2 Å². The van der Waals surface area contributed by atoms with Crippen LogP contribution < -0.4 is 0 Å². The predicted octanol–water partition coefficient (Wildman–Crippen LogP) is 2.98. The highest BCUT2D eigenvalue weighted by molar-refractivity contribution is 14.1. The summed E-state index contributed by atoms with van der Waals surface area (Å²) >= 11 is 6.28. The third-order valence-electron chi connectivity index (χ3n) is 2.90. The van der Waals surface area contributed by atoms with Crippen LogP contribution in [0.15, 0.2) is 18.2 Å². The van der Waals surface area contributed by atoms with Crippen molar-refractivity contribution in [3.8, 4) is 0 Å². The van der Waals surface area contributed by atoms with Crippen LogP contribution >= 0.6 is 34.2 Å². The fourth-order valence-corrected chi connectivity index (χ4v) is 2.46. The molecular weight excluding hydrogens is 390 g/mol. The van der Waals surface area contributed by atoms with Gasteiger partial charge in [-0.25, -0.2) is 0 Å². The Bertz CT molecular complexity index is 545. The van der Waals surface area contributed by atoms with Crippen LogP contribution in [0.5, 0.6) is 0 Å². The molecule has 1 aromatic carbocycles. The van der Waals surface area contributed by atoms with Crippen LogP contribution in [0.4, 0.5) is 8.78 Å². The minimum Gasteiger partial charge on any atom is -0.328 e. The Labute approximate surface area is 127 Å². The van der Waals surface area contributed by atoms with Gasteiger partial charge in [0.05, 0.1) is 5.88 Å². The summed E-state index contributed by atoms with van der Waals surface area (Å²) in [6, 6.07) is 4.88. The third kappa shape index (κ3) is 3.05. The highest BCUT2D eigenvalue weighted by Gasteiger charge is 2.40. The molecule has 0 fully saturated rings. The number of halogens is 4. The van der Waals surface area contributed by atoms with Gasteiger partial charge < -0.3 is 4.90 Å². The SMILES string of the molecule is O=C(CCl)c1ccc2c(c1)CN(C(=O)C(F)(F)I)C2. The van der Waals surface area contributed by atoms with E-state index in [1.807, 2.05) is 0 Å². The molecule has 1 aromatic rings. The molecule has 102 valence electrons. The third-order valence-corrected chi connectivity index (χ3v) is 3.61. The number of amides is 1. The van der Waals surface area contributed by atoms with E-state index in [0.717, 1.165) is 33.1 Å². The number of nitrogens with zero attached hydrogens (tertiary/aromatic N) is 1. The Kier molecular flexibility index (Phi) is 4.10. The number of hydrogen-bond donors (Lipinski definition) is 0. The molecule has 0 bridgehead atoms. The largest absolute Gasteiger partial charge is 0.372 e. The summed E-state index contributed by atoms with van der Waals surface area (Å²) in [5.74, 6) is -1.57. The second kappa shape index (κ2) is 5.32. The van der Waals surface area contributed by atoms with Crippen LogP contribution in [-0.2, 0) is 17.9 Å². The molecule has 2 rings (SSSR count). The fourth-order valence-electron chi connectivity index (χ4n) is 1.97. The number of hydrogen-bond acceptors (Lipinski definition) is 2. The Balaban J connectivity index is 2.21. The molecule has 7 heteroatoms. The van der Waals surface area contributed by atoms with Crippen molar-refractivity contribution in [1.29, 1.82) is 0 Å². The molecule has 19 heavy (non-hydrogen) atoms. The number of benzene rings is 1. The molecule has 0 saturated heterocycles. The van der Waals surface area contributed by atoms with Crippen LogP contribution in [0.1, 0.15) is 21.5 Å². The van der Waals surface area contributed by atoms with Gasteiger partial charge in [0.2, 0.25) is 0 Å². The number of alkyl halides is 4. The summed E-state index contributed by atoms with van der Waals surface area (Å²) in [5, 5.41) is 0. The van der Waals surface area contributed by atoms with Gasteiger partial charge in [0.1, 0.15) is 0 Å². The lowest BCUT2D eigenvalue weighted by atomic mass is 10.0. The van der Waals surface area contributed by atoms with Gasteiger partial charge in [0.15, 0.2) is 5.78 Å². The monoisotopic (exact) mass is 399 g/mol. The Morgan fingerprint density at radius 2 is 1.95 bits per heavy atom. The van der Waals surface area contributed by atoms with Crippen molar-refractivity contribution in [2.75, 3.05) is 5.88 Å². The summed E-state index contributed by atoms with van der Waals surface area (Å²) < 4.78 is 22.5. The van der Waals surface area contributed by atoms with Gasteiger partial charge in [-0.1, -0.05) is 12.1 Å². The molecule has 0 unspecified atom stereocenters. The zero-order valence-electron chi connectivity index (χ0n) is 9.63. The highest BCUT2D eigenvalue weighted by atomic mass is 127. The molecule has 1 aliphatic heterocycles. The number of carbonyl (C=O) groups excluding carboxylic acids is 2. The average Bonchev–Trinajstić information content (AvgIpc) is 2.78. The summed E-state index contributed by atoms with van der Waals surface area (Å²) in [5.41, 5.74) is 1.93. The fraction of sp³-hybridized carbons (Fsp3) is 0.333. The van der Waals surface area contributed by atoms with Gasteiger partial charge in [-0.2, -0.15) is 8.78 Å². The smallest absolute Gasteiger partial charge is 0.328 e. The standard InChI is InChI=1S/C12H9ClF2INO2/c13-4-10(18)7-1-2-8-5-17(6-9(8)3-7)11(19)12(14,15)16/h1-3H,4-6H2. The first-order valence-electron chi connectivity index (χ1n) is 5.40. The first kappa shape index (κ1) is 14.6. The Morgan fingerprint density at radius 1 is 1.32 bits per heavy atom. The van der Waals surface area contributed by atoms with Crippen LogP contribution in [0, 0.1) is 0 Å². The molecule has 0 aromatic heterocycles. The summed E-state index contributed by atoms with van der Waals surface area (Å²) in [6.07, 6.45) is 0. The van der Waals surface area contributed by atoms with Crippen molar-refractivity contribution >= 4 is 45.9 Å². The molecule has 0 N–H and O–H groups in total. The number of ketones is 1. The maximum atomic E-state index is 13.0.